The number of nitrogens with one attached hydrogen (secondary N) is 3. The van der Waals surface area contributed by atoms with E-state index in [2.05, 4.69) is 16.0 Å². The Hall–Kier alpha value is -3.67. The Morgan fingerprint density at radius 1 is 0.933 bits per heavy atom. The van der Waals surface area contributed by atoms with Gasteiger partial charge in [0.15, 0.2) is 0 Å². The number of carboxylic acid groups (broad SMARTS) is 2. The molecule has 0 aliphatic heterocycles. The zero-order valence-electron chi connectivity index (χ0n) is 16.0. The zero-order valence-corrected chi connectivity index (χ0v) is 16.0. The van der Waals surface area contributed by atoms with Crippen LogP contribution in [0, 0.1) is 0 Å². The lowest BCUT2D eigenvalue weighted by molar-refractivity contribution is -0.141. The molecule has 0 spiro atoms. The normalized spacial score (nSPS) is 12.3. The van der Waals surface area contributed by atoms with Crippen molar-refractivity contribution in [1.82, 2.24) is 16.0 Å². The van der Waals surface area contributed by atoms with Crippen LogP contribution < -0.4 is 21.7 Å². The highest BCUT2D eigenvalue weighted by Crippen LogP contribution is 2.11. The first-order valence-corrected chi connectivity index (χ1v) is 8.90. The molecule has 30 heavy (non-hydrogen) atoms. The first kappa shape index (κ1) is 24.4. The summed E-state index contributed by atoms with van der Waals surface area (Å²) in [6, 6.07) is 3.47. The summed E-state index contributed by atoms with van der Waals surface area (Å²) in [5, 5.41) is 33.7. The highest BCUT2D eigenvalue weighted by molar-refractivity contribution is 5.90. The molecule has 0 fully saturated rings. The second-order valence-electron chi connectivity index (χ2n) is 6.36. The lowest BCUT2D eigenvalue weighted by Gasteiger charge is -2.15. The molecular formula is C18H24N4O8. The number of phenols is 1. The van der Waals surface area contributed by atoms with Crippen LogP contribution in [0.3, 0.4) is 0 Å². The van der Waals surface area contributed by atoms with Crippen LogP contribution >= 0.6 is 0 Å². The average Bonchev–Trinajstić information content (AvgIpc) is 2.69. The van der Waals surface area contributed by atoms with E-state index in [1.165, 1.54) is 24.3 Å². The van der Waals surface area contributed by atoms with E-state index in [9.17, 15) is 34.2 Å². The minimum absolute atomic E-state index is 0.0207. The van der Waals surface area contributed by atoms with Crippen molar-refractivity contribution in [3.8, 4) is 5.75 Å². The topological polar surface area (TPSA) is 208 Å². The predicted molar refractivity (Wildman–Crippen MR) is 102 cm³/mol. The van der Waals surface area contributed by atoms with E-state index in [4.69, 9.17) is 10.8 Å². The minimum atomic E-state index is -1.27. The van der Waals surface area contributed by atoms with Gasteiger partial charge in [-0.2, -0.15) is 0 Å². The molecule has 2 unspecified atom stereocenters. The number of hydrogen-bond acceptors (Lipinski definition) is 7. The van der Waals surface area contributed by atoms with Gasteiger partial charge in [-0.25, -0.2) is 4.79 Å². The minimum Gasteiger partial charge on any atom is -0.508 e. The molecule has 3 amide bonds. The maximum Gasteiger partial charge on any atom is 0.326 e. The second kappa shape index (κ2) is 12.0. The third kappa shape index (κ3) is 9.50. The number of carbonyl (C=O) groups is 5. The summed E-state index contributed by atoms with van der Waals surface area (Å²) in [5.41, 5.74) is 6.06. The fourth-order valence-electron chi connectivity index (χ4n) is 2.26. The molecule has 0 aliphatic carbocycles. The van der Waals surface area contributed by atoms with Gasteiger partial charge in [0.1, 0.15) is 11.8 Å². The fourth-order valence-corrected chi connectivity index (χ4v) is 2.26. The third-order valence-corrected chi connectivity index (χ3v) is 3.88. The van der Waals surface area contributed by atoms with E-state index in [-0.39, 0.29) is 25.0 Å². The number of carboxylic acids is 2. The van der Waals surface area contributed by atoms with Crippen LogP contribution in [0.5, 0.6) is 5.75 Å². The molecule has 0 bridgehead atoms. The number of aromatic hydroxyl groups is 1. The lowest BCUT2D eigenvalue weighted by Crippen LogP contribution is -2.49. The molecular weight excluding hydrogens is 400 g/mol. The van der Waals surface area contributed by atoms with Crippen LogP contribution in [0.4, 0.5) is 0 Å². The molecule has 2 atom stereocenters. The molecule has 1 rings (SSSR count). The number of hydrogen-bond donors (Lipinski definition) is 7. The SMILES string of the molecule is NC(CCC(=O)O)C(=O)NCC(=O)NCC(=O)NC(Cc1ccc(O)cc1)C(=O)O. The van der Waals surface area contributed by atoms with E-state index in [0.29, 0.717) is 5.56 Å². The first-order chi connectivity index (χ1) is 14.1. The highest BCUT2D eigenvalue weighted by atomic mass is 16.4. The number of benzene rings is 1. The van der Waals surface area contributed by atoms with E-state index >= 15 is 0 Å². The number of phenolic OH excluding ortho intramolecular Hbond substituents is 1. The van der Waals surface area contributed by atoms with Gasteiger partial charge in [-0.3, -0.25) is 19.2 Å². The Bertz CT molecular complexity index is 781. The summed E-state index contributed by atoms with van der Waals surface area (Å²) in [5.74, 6) is -4.53. The van der Waals surface area contributed by atoms with Crippen molar-refractivity contribution in [3.63, 3.8) is 0 Å². The van der Waals surface area contributed by atoms with E-state index in [1.807, 2.05) is 0 Å². The van der Waals surface area contributed by atoms with Crippen molar-refractivity contribution in [3.05, 3.63) is 29.8 Å². The Labute approximate surface area is 171 Å². The van der Waals surface area contributed by atoms with Crippen molar-refractivity contribution >= 4 is 29.7 Å². The van der Waals surface area contributed by atoms with Gasteiger partial charge < -0.3 is 37.0 Å². The van der Waals surface area contributed by atoms with Crippen LogP contribution in [0.15, 0.2) is 24.3 Å². The van der Waals surface area contributed by atoms with Crippen LogP contribution in [-0.2, 0) is 30.4 Å². The molecule has 0 aromatic heterocycles. The molecule has 0 heterocycles. The molecule has 12 nitrogen and oxygen atoms in total. The van der Waals surface area contributed by atoms with Crippen molar-refractivity contribution < 1.29 is 39.3 Å². The molecule has 164 valence electrons. The monoisotopic (exact) mass is 424 g/mol. The maximum atomic E-state index is 11.9. The first-order valence-electron chi connectivity index (χ1n) is 8.90. The number of amides is 3. The standard InChI is InChI=1S/C18H24N4O8/c19-12(5-6-16(26)27)17(28)21-8-14(24)20-9-15(25)22-13(18(29)30)7-10-1-3-11(23)4-2-10/h1-4,12-13,23H,5-9,19H2,(H,20,24)(H,21,28)(H,22,25)(H,26,27)(H,29,30). The molecule has 0 saturated heterocycles. The Balaban J connectivity index is 2.39. The largest absolute Gasteiger partial charge is 0.508 e. The quantitative estimate of drug-likeness (QED) is 0.196. The number of carbonyl (C=O) groups excluding carboxylic acids is 3. The Morgan fingerprint density at radius 2 is 1.53 bits per heavy atom. The summed E-state index contributed by atoms with van der Waals surface area (Å²) in [7, 11) is 0. The van der Waals surface area contributed by atoms with Crippen LogP contribution in [0.1, 0.15) is 18.4 Å². The van der Waals surface area contributed by atoms with Gasteiger partial charge in [-0.15, -0.1) is 0 Å². The average molecular weight is 424 g/mol. The summed E-state index contributed by atoms with van der Waals surface area (Å²) in [6.45, 7) is -0.998. The predicted octanol–water partition coefficient (Wildman–Crippen LogP) is -2.07. The van der Waals surface area contributed by atoms with Crippen LogP contribution in [0.25, 0.3) is 0 Å². The number of rotatable bonds is 12. The van der Waals surface area contributed by atoms with Gasteiger partial charge >= 0.3 is 11.9 Å². The van der Waals surface area contributed by atoms with E-state index in [0.717, 1.165) is 0 Å². The van der Waals surface area contributed by atoms with E-state index < -0.39 is 54.8 Å². The summed E-state index contributed by atoms with van der Waals surface area (Å²) in [4.78, 5) is 57.0. The van der Waals surface area contributed by atoms with Crippen molar-refractivity contribution in [1.29, 1.82) is 0 Å². The summed E-state index contributed by atoms with van der Waals surface area (Å²) < 4.78 is 0. The number of nitrogens with two attached hydrogens (primary N) is 1. The zero-order chi connectivity index (χ0) is 22.7. The van der Waals surface area contributed by atoms with Crippen LogP contribution in [-0.4, -0.2) is 70.2 Å². The van der Waals surface area contributed by atoms with Gasteiger partial charge in [0.25, 0.3) is 0 Å². The van der Waals surface area contributed by atoms with Crippen molar-refractivity contribution in [2.75, 3.05) is 13.1 Å². The maximum absolute atomic E-state index is 11.9. The fraction of sp³-hybridized carbons (Fsp3) is 0.389. The second-order valence-corrected chi connectivity index (χ2v) is 6.36. The number of aliphatic carboxylic acids is 2. The summed E-state index contributed by atoms with van der Waals surface area (Å²) in [6.07, 6.45) is -0.418. The van der Waals surface area contributed by atoms with Crippen molar-refractivity contribution in [2.45, 2.75) is 31.3 Å². The Morgan fingerprint density at radius 3 is 2.10 bits per heavy atom. The van der Waals surface area contributed by atoms with Gasteiger partial charge in [0, 0.05) is 12.8 Å². The van der Waals surface area contributed by atoms with E-state index in [1.54, 1.807) is 0 Å². The molecule has 8 N–H and O–H groups in total. The molecule has 0 radical (unpaired) electrons. The molecule has 1 aromatic carbocycles. The highest BCUT2D eigenvalue weighted by Gasteiger charge is 2.21. The van der Waals surface area contributed by atoms with Gasteiger partial charge in [0.05, 0.1) is 19.1 Å². The van der Waals surface area contributed by atoms with Crippen LogP contribution in [0.2, 0.25) is 0 Å². The van der Waals surface area contributed by atoms with Gasteiger partial charge in [-0.1, -0.05) is 12.1 Å². The summed E-state index contributed by atoms with van der Waals surface area (Å²) >= 11 is 0. The van der Waals surface area contributed by atoms with Crippen molar-refractivity contribution in [2.24, 2.45) is 5.73 Å². The smallest absolute Gasteiger partial charge is 0.326 e. The molecule has 12 heteroatoms. The molecule has 1 aromatic rings. The lowest BCUT2D eigenvalue weighted by atomic mass is 10.1. The third-order valence-electron chi connectivity index (χ3n) is 3.88. The van der Waals surface area contributed by atoms with Gasteiger partial charge in [-0.05, 0) is 24.1 Å². The Kier molecular flexibility index (Phi) is 9.76. The molecule has 0 saturated carbocycles. The van der Waals surface area contributed by atoms with Gasteiger partial charge in [0.2, 0.25) is 17.7 Å². The molecule has 0 aliphatic rings.